The zero-order valence-corrected chi connectivity index (χ0v) is 10.8. The molecule has 0 unspecified atom stereocenters. The van der Waals surface area contributed by atoms with E-state index in [4.69, 9.17) is 5.11 Å². The van der Waals surface area contributed by atoms with Crippen molar-refractivity contribution in [2.45, 2.75) is 6.92 Å². The van der Waals surface area contributed by atoms with Gasteiger partial charge in [-0.2, -0.15) is 5.10 Å². The minimum absolute atomic E-state index is 0.175. The highest BCUT2D eigenvalue weighted by Crippen LogP contribution is 2.11. The van der Waals surface area contributed by atoms with Crippen molar-refractivity contribution in [3.8, 4) is 0 Å². The number of anilines is 1. The third-order valence-corrected chi connectivity index (χ3v) is 2.70. The molecule has 2 N–H and O–H groups in total. The van der Waals surface area contributed by atoms with Gasteiger partial charge in [0, 0.05) is 5.56 Å². The molecule has 102 valence electrons. The van der Waals surface area contributed by atoms with Crippen LogP contribution in [0.1, 0.15) is 22.8 Å². The average Bonchev–Trinajstić information content (AvgIpc) is 2.45. The fourth-order valence-corrected chi connectivity index (χ4v) is 1.65. The van der Waals surface area contributed by atoms with Crippen LogP contribution in [0.25, 0.3) is 0 Å². The number of hydrogen-bond acceptors (Lipinski definition) is 3. The standard InChI is InChI=1S/C15H13FN2O2/c1-10(11-4-2-6-13(16)8-11)17-18-14-7-3-5-12(9-14)15(19)20/h2-9,18H,1H3,(H,19,20)/b17-10+. The van der Waals surface area contributed by atoms with Crippen molar-refractivity contribution in [3.05, 3.63) is 65.5 Å². The first-order valence-electron chi connectivity index (χ1n) is 5.96. The molecule has 0 aliphatic rings. The molecule has 0 aromatic heterocycles. The number of aromatic carboxylic acids is 1. The van der Waals surface area contributed by atoms with Crippen LogP contribution >= 0.6 is 0 Å². The van der Waals surface area contributed by atoms with E-state index in [2.05, 4.69) is 10.5 Å². The minimum atomic E-state index is -1.00. The van der Waals surface area contributed by atoms with E-state index in [1.807, 2.05) is 0 Å². The van der Waals surface area contributed by atoms with E-state index in [0.717, 1.165) is 0 Å². The van der Waals surface area contributed by atoms with Gasteiger partial charge in [-0.3, -0.25) is 5.43 Å². The number of hydrazone groups is 1. The fourth-order valence-electron chi connectivity index (χ4n) is 1.65. The Hall–Kier alpha value is -2.69. The fraction of sp³-hybridized carbons (Fsp3) is 0.0667. The van der Waals surface area contributed by atoms with Crippen LogP contribution in [0.4, 0.5) is 10.1 Å². The number of halogens is 1. The number of carboxylic acid groups (broad SMARTS) is 1. The summed E-state index contributed by atoms with van der Waals surface area (Å²) in [6.45, 7) is 1.74. The largest absolute Gasteiger partial charge is 0.478 e. The maximum Gasteiger partial charge on any atom is 0.335 e. The molecular weight excluding hydrogens is 259 g/mol. The molecule has 0 amide bonds. The van der Waals surface area contributed by atoms with Gasteiger partial charge in [-0.1, -0.05) is 18.2 Å². The van der Waals surface area contributed by atoms with E-state index in [9.17, 15) is 9.18 Å². The average molecular weight is 272 g/mol. The summed E-state index contributed by atoms with van der Waals surface area (Å²) >= 11 is 0. The summed E-state index contributed by atoms with van der Waals surface area (Å²) in [5.74, 6) is -1.33. The topological polar surface area (TPSA) is 61.7 Å². The maximum absolute atomic E-state index is 13.1. The lowest BCUT2D eigenvalue weighted by Crippen LogP contribution is -2.01. The molecular formula is C15H13FN2O2. The molecule has 0 atom stereocenters. The molecule has 4 nitrogen and oxygen atoms in total. The van der Waals surface area contributed by atoms with Crippen LogP contribution in [-0.2, 0) is 0 Å². The molecule has 0 heterocycles. The quantitative estimate of drug-likeness (QED) is 0.662. The van der Waals surface area contributed by atoms with E-state index in [-0.39, 0.29) is 11.4 Å². The van der Waals surface area contributed by atoms with Gasteiger partial charge in [0.25, 0.3) is 0 Å². The number of rotatable bonds is 4. The Morgan fingerprint density at radius 2 is 1.85 bits per heavy atom. The SMILES string of the molecule is C/C(=N\Nc1cccc(C(=O)O)c1)c1cccc(F)c1. The first-order chi connectivity index (χ1) is 9.56. The van der Waals surface area contributed by atoms with Gasteiger partial charge >= 0.3 is 5.97 Å². The van der Waals surface area contributed by atoms with Crippen molar-refractivity contribution in [2.24, 2.45) is 5.10 Å². The lowest BCUT2D eigenvalue weighted by Gasteiger charge is -2.04. The maximum atomic E-state index is 13.1. The summed E-state index contributed by atoms with van der Waals surface area (Å²) in [5.41, 5.74) is 4.75. The molecule has 5 heteroatoms. The van der Waals surface area contributed by atoms with Crippen LogP contribution in [0.3, 0.4) is 0 Å². The van der Waals surface area contributed by atoms with E-state index < -0.39 is 5.97 Å². The predicted octanol–water partition coefficient (Wildman–Crippen LogP) is 3.36. The summed E-state index contributed by atoms with van der Waals surface area (Å²) in [7, 11) is 0. The molecule has 2 rings (SSSR count). The van der Waals surface area contributed by atoms with Crippen molar-refractivity contribution in [1.82, 2.24) is 0 Å². The minimum Gasteiger partial charge on any atom is -0.478 e. The Morgan fingerprint density at radius 1 is 1.15 bits per heavy atom. The van der Waals surface area contributed by atoms with Crippen LogP contribution in [0.15, 0.2) is 53.6 Å². The molecule has 0 saturated carbocycles. The molecule has 0 bridgehead atoms. The molecule has 0 fully saturated rings. The van der Waals surface area contributed by atoms with Gasteiger partial charge in [0.2, 0.25) is 0 Å². The highest BCUT2D eigenvalue weighted by atomic mass is 19.1. The van der Waals surface area contributed by atoms with E-state index in [1.54, 1.807) is 31.2 Å². The third-order valence-electron chi connectivity index (χ3n) is 2.70. The van der Waals surface area contributed by atoms with Crippen LogP contribution in [-0.4, -0.2) is 16.8 Å². The smallest absolute Gasteiger partial charge is 0.335 e. The second-order valence-corrected chi connectivity index (χ2v) is 4.21. The Balaban J connectivity index is 2.16. The van der Waals surface area contributed by atoms with Gasteiger partial charge in [-0.15, -0.1) is 0 Å². The van der Waals surface area contributed by atoms with E-state index in [0.29, 0.717) is 17.0 Å². The number of carbonyl (C=O) groups is 1. The number of nitrogens with zero attached hydrogens (tertiary/aromatic N) is 1. The van der Waals surface area contributed by atoms with Crippen molar-refractivity contribution in [2.75, 3.05) is 5.43 Å². The van der Waals surface area contributed by atoms with Gasteiger partial charge < -0.3 is 5.11 Å². The van der Waals surface area contributed by atoms with Crippen molar-refractivity contribution >= 4 is 17.4 Å². The van der Waals surface area contributed by atoms with Gasteiger partial charge in [0.1, 0.15) is 5.82 Å². The molecule has 0 radical (unpaired) electrons. The van der Waals surface area contributed by atoms with Gasteiger partial charge in [-0.25, -0.2) is 9.18 Å². The normalized spacial score (nSPS) is 11.2. The Morgan fingerprint density at radius 3 is 2.55 bits per heavy atom. The van der Waals surface area contributed by atoms with Gasteiger partial charge in [0.05, 0.1) is 17.0 Å². The zero-order valence-electron chi connectivity index (χ0n) is 10.8. The summed E-state index contributed by atoms with van der Waals surface area (Å²) in [6.07, 6.45) is 0. The summed E-state index contributed by atoms with van der Waals surface area (Å²) in [4.78, 5) is 10.8. The highest BCUT2D eigenvalue weighted by Gasteiger charge is 2.03. The first kappa shape index (κ1) is 13.7. The first-order valence-corrected chi connectivity index (χ1v) is 5.96. The molecule has 2 aromatic rings. The number of hydrogen-bond donors (Lipinski definition) is 2. The lowest BCUT2D eigenvalue weighted by molar-refractivity contribution is 0.0697. The lowest BCUT2D eigenvalue weighted by atomic mass is 10.1. The van der Waals surface area contributed by atoms with Crippen LogP contribution in [0.5, 0.6) is 0 Å². The molecule has 0 aliphatic carbocycles. The van der Waals surface area contributed by atoms with Crippen molar-refractivity contribution in [3.63, 3.8) is 0 Å². The van der Waals surface area contributed by atoms with E-state index in [1.165, 1.54) is 24.3 Å². The molecule has 0 spiro atoms. The number of nitrogens with one attached hydrogen (secondary N) is 1. The zero-order chi connectivity index (χ0) is 14.5. The Bertz CT molecular complexity index is 668. The summed E-state index contributed by atoms with van der Waals surface area (Å²) < 4.78 is 13.1. The number of carboxylic acids is 1. The van der Waals surface area contributed by atoms with Crippen LogP contribution < -0.4 is 5.43 Å². The Labute approximate surface area is 115 Å². The second-order valence-electron chi connectivity index (χ2n) is 4.21. The van der Waals surface area contributed by atoms with Crippen LogP contribution in [0, 0.1) is 5.82 Å². The highest BCUT2D eigenvalue weighted by molar-refractivity contribution is 5.99. The van der Waals surface area contributed by atoms with Gasteiger partial charge in [-0.05, 0) is 37.3 Å². The monoisotopic (exact) mass is 272 g/mol. The van der Waals surface area contributed by atoms with Crippen LogP contribution in [0.2, 0.25) is 0 Å². The van der Waals surface area contributed by atoms with Crippen molar-refractivity contribution in [1.29, 1.82) is 0 Å². The second kappa shape index (κ2) is 5.97. The number of benzene rings is 2. The van der Waals surface area contributed by atoms with Crippen molar-refractivity contribution < 1.29 is 14.3 Å². The Kier molecular flexibility index (Phi) is 4.10. The summed E-state index contributed by atoms with van der Waals surface area (Å²) in [6, 6.07) is 12.4. The molecule has 2 aromatic carbocycles. The van der Waals surface area contributed by atoms with E-state index >= 15 is 0 Å². The molecule has 20 heavy (non-hydrogen) atoms. The summed E-state index contributed by atoms with van der Waals surface area (Å²) in [5, 5.41) is 13.0. The molecule has 0 saturated heterocycles. The van der Waals surface area contributed by atoms with Gasteiger partial charge in [0.15, 0.2) is 0 Å². The third kappa shape index (κ3) is 3.41. The molecule has 0 aliphatic heterocycles. The predicted molar refractivity (Wildman–Crippen MR) is 75.6 cm³/mol.